The summed E-state index contributed by atoms with van der Waals surface area (Å²) in [6.07, 6.45) is 6.70. The van der Waals surface area contributed by atoms with Crippen LogP contribution in [0.25, 0.3) is 0 Å². The summed E-state index contributed by atoms with van der Waals surface area (Å²) in [5.41, 5.74) is 0.955. The summed E-state index contributed by atoms with van der Waals surface area (Å²) in [6.45, 7) is 1.51. The Bertz CT molecular complexity index is 352. The second-order valence-corrected chi connectivity index (χ2v) is 3.46. The van der Waals surface area contributed by atoms with Gasteiger partial charge >= 0.3 is 5.97 Å². The first-order valence-electron chi connectivity index (χ1n) is 4.54. The highest BCUT2D eigenvalue weighted by molar-refractivity contribution is 5.86. The Hall–Kier alpha value is -1.39. The fraction of sp³-hybridized carbons (Fsp3) is 0.364. The lowest BCUT2D eigenvalue weighted by molar-refractivity contribution is -0.144. The standard InChI is InChI=1S/C11H14O4/c1-8(10(12)13)6-9-4-3-5-11(14,7-9)15-2/h3-6,14H,7H2,1-2H3,(H,12,13). The van der Waals surface area contributed by atoms with E-state index in [1.807, 2.05) is 0 Å². The van der Waals surface area contributed by atoms with E-state index < -0.39 is 11.8 Å². The minimum Gasteiger partial charge on any atom is -0.478 e. The monoisotopic (exact) mass is 210 g/mol. The summed E-state index contributed by atoms with van der Waals surface area (Å²) in [7, 11) is 1.40. The number of hydrogen-bond acceptors (Lipinski definition) is 3. The molecule has 1 aliphatic carbocycles. The highest BCUT2D eigenvalue weighted by atomic mass is 16.6. The van der Waals surface area contributed by atoms with Crippen LogP contribution in [0.4, 0.5) is 0 Å². The molecule has 0 bridgehead atoms. The third-order valence-electron chi connectivity index (χ3n) is 2.22. The molecule has 0 spiro atoms. The molecule has 15 heavy (non-hydrogen) atoms. The third-order valence-corrected chi connectivity index (χ3v) is 2.22. The lowest BCUT2D eigenvalue weighted by Crippen LogP contribution is -2.29. The molecular weight excluding hydrogens is 196 g/mol. The lowest BCUT2D eigenvalue weighted by Gasteiger charge is -2.25. The van der Waals surface area contributed by atoms with E-state index in [0.29, 0.717) is 0 Å². The van der Waals surface area contributed by atoms with Crippen molar-refractivity contribution in [2.75, 3.05) is 7.11 Å². The summed E-state index contributed by atoms with van der Waals surface area (Å²) < 4.78 is 4.90. The fourth-order valence-electron chi connectivity index (χ4n) is 1.31. The molecule has 2 N–H and O–H groups in total. The highest BCUT2D eigenvalue weighted by Gasteiger charge is 2.25. The zero-order valence-corrected chi connectivity index (χ0v) is 8.73. The Morgan fingerprint density at radius 2 is 2.33 bits per heavy atom. The van der Waals surface area contributed by atoms with Crippen molar-refractivity contribution in [2.24, 2.45) is 0 Å². The maximum Gasteiger partial charge on any atom is 0.331 e. The molecule has 0 aromatic rings. The summed E-state index contributed by atoms with van der Waals surface area (Å²) in [4.78, 5) is 10.6. The van der Waals surface area contributed by atoms with Crippen LogP contribution in [-0.2, 0) is 9.53 Å². The number of allylic oxidation sites excluding steroid dienone is 3. The number of carboxylic acids is 1. The average Bonchev–Trinajstić information content (AvgIpc) is 2.18. The van der Waals surface area contributed by atoms with Crippen LogP contribution in [0.1, 0.15) is 13.3 Å². The van der Waals surface area contributed by atoms with Crippen LogP contribution in [0, 0.1) is 0 Å². The van der Waals surface area contributed by atoms with Gasteiger partial charge in [0.2, 0.25) is 0 Å². The van der Waals surface area contributed by atoms with Gasteiger partial charge in [0, 0.05) is 19.1 Å². The molecule has 0 radical (unpaired) electrons. The molecule has 1 atom stereocenters. The summed E-state index contributed by atoms with van der Waals surface area (Å²) in [5, 5.41) is 18.5. The molecule has 0 heterocycles. The molecule has 0 aromatic carbocycles. The summed E-state index contributed by atoms with van der Waals surface area (Å²) in [6, 6.07) is 0. The Labute approximate surface area is 88.2 Å². The molecule has 4 heteroatoms. The first kappa shape index (κ1) is 11.7. The molecule has 0 amide bonds. The van der Waals surface area contributed by atoms with Gasteiger partial charge in [0.05, 0.1) is 0 Å². The van der Waals surface area contributed by atoms with Crippen molar-refractivity contribution < 1.29 is 19.7 Å². The first-order valence-corrected chi connectivity index (χ1v) is 4.54. The minimum atomic E-state index is -1.32. The van der Waals surface area contributed by atoms with Crippen LogP contribution in [0.2, 0.25) is 0 Å². The number of aliphatic hydroxyl groups is 1. The fourth-order valence-corrected chi connectivity index (χ4v) is 1.31. The Kier molecular flexibility index (Phi) is 3.44. The second-order valence-electron chi connectivity index (χ2n) is 3.46. The SMILES string of the molecule is COC1(O)C=CC=C(C=C(C)C(=O)O)C1. The van der Waals surface area contributed by atoms with Gasteiger partial charge in [0.25, 0.3) is 0 Å². The van der Waals surface area contributed by atoms with Crippen LogP contribution in [0.5, 0.6) is 0 Å². The quantitative estimate of drug-likeness (QED) is 0.543. The maximum absolute atomic E-state index is 10.6. The van der Waals surface area contributed by atoms with Gasteiger partial charge < -0.3 is 14.9 Å². The van der Waals surface area contributed by atoms with Gasteiger partial charge in [-0.1, -0.05) is 12.2 Å². The van der Waals surface area contributed by atoms with E-state index in [1.54, 1.807) is 12.2 Å². The number of rotatable bonds is 3. The summed E-state index contributed by atoms with van der Waals surface area (Å²) >= 11 is 0. The summed E-state index contributed by atoms with van der Waals surface area (Å²) in [5.74, 6) is -2.29. The van der Waals surface area contributed by atoms with Crippen molar-refractivity contribution in [3.8, 4) is 0 Å². The molecule has 1 unspecified atom stereocenters. The number of hydrogen-bond donors (Lipinski definition) is 2. The highest BCUT2D eigenvalue weighted by Crippen LogP contribution is 2.25. The minimum absolute atomic E-state index is 0.231. The van der Waals surface area contributed by atoms with Crippen molar-refractivity contribution >= 4 is 5.97 Å². The number of aliphatic carboxylic acids is 1. The molecule has 0 saturated carbocycles. The molecule has 0 fully saturated rings. The molecule has 0 saturated heterocycles. The van der Waals surface area contributed by atoms with Crippen LogP contribution in [-0.4, -0.2) is 29.1 Å². The van der Waals surface area contributed by atoms with E-state index in [9.17, 15) is 9.90 Å². The van der Waals surface area contributed by atoms with Gasteiger partial charge in [-0.05, 0) is 24.6 Å². The molecule has 4 nitrogen and oxygen atoms in total. The van der Waals surface area contributed by atoms with Crippen LogP contribution in [0.3, 0.4) is 0 Å². The second kappa shape index (κ2) is 4.42. The van der Waals surface area contributed by atoms with Gasteiger partial charge in [-0.25, -0.2) is 4.79 Å². The van der Waals surface area contributed by atoms with Crippen molar-refractivity contribution in [3.63, 3.8) is 0 Å². The van der Waals surface area contributed by atoms with Gasteiger partial charge in [0.15, 0.2) is 5.79 Å². The molecule has 0 aliphatic heterocycles. The largest absolute Gasteiger partial charge is 0.478 e. The predicted octanol–water partition coefficient (Wildman–Crippen LogP) is 1.24. The van der Waals surface area contributed by atoms with Crippen LogP contribution in [0.15, 0.2) is 35.5 Å². The van der Waals surface area contributed by atoms with Crippen LogP contribution >= 0.6 is 0 Å². The maximum atomic E-state index is 10.6. The number of carboxylic acid groups (broad SMARTS) is 1. The van der Waals surface area contributed by atoms with Gasteiger partial charge in [-0.2, -0.15) is 0 Å². The first-order chi connectivity index (χ1) is 6.97. The van der Waals surface area contributed by atoms with Crippen molar-refractivity contribution in [1.29, 1.82) is 0 Å². The number of methoxy groups -OCH3 is 1. The third kappa shape index (κ3) is 3.04. The van der Waals surface area contributed by atoms with Gasteiger partial charge in [-0.3, -0.25) is 0 Å². The number of ether oxygens (including phenoxy) is 1. The van der Waals surface area contributed by atoms with Crippen molar-refractivity contribution in [1.82, 2.24) is 0 Å². The van der Waals surface area contributed by atoms with Crippen LogP contribution < -0.4 is 0 Å². The van der Waals surface area contributed by atoms with E-state index in [0.717, 1.165) is 5.57 Å². The van der Waals surface area contributed by atoms with E-state index in [-0.39, 0.29) is 12.0 Å². The number of carbonyl (C=O) groups is 1. The Balaban J connectivity index is 2.83. The molecule has 1 rings (SSSR count). The van der Waals surface area contributed by atoms with E-state index in [1.165, 1.54) is 26.2 Å². The van der Waals surface area contributed by atoms with E-state index in [2.05, 4.69) is 0 Å². The van der Waals surface area contributed by atoms with Crippen molar-refractivity contribution in [3.05, 3.63) is 35.5 Å². The molecule has 82 valence electrons. The molecular formula is C11H14O4. The van der Waals surface area contributed by atoms with Gasteiger partial charge in [-0.15, -0.1) is 0 Å². The van der Waals surface area contributed by atoms with Gasteiger partial charge in [0.1, 0.15) is 0 Å². The van der Waals surface area contributed by atoms with E-state index >= 15 is 0 Å². The van der Waals surface area contributed by atoms with E-state index in [4.69, 9.17) is 9.84 Å². The molecule has 0 aromatic heterocycles. The Morgan fingerprint density at radius 1 is 1.67 bits per heavy atom. The zero-order valence-electron chi connectivity index (χ0n) is 8.73. The molecule has 1 aliphatic rings. The smallest absolute Gasteiger partial charge is 0.331 e. The topological polar surface area (TPSA) is 66.8 Å². The normalized spacial score (nSPS) is 26.3. The predicted molar refractivity (Wildman–Crippen MR) is 55.2 cm³/mol. The lowest BCUT2D eigenvalue weighted by atomic mass is 9.98. The van der Waals surface area contributed by atoms with Crippen molar-refractivity contribution in [2.45, 2.75) is 19.1 Å². The Morgan fingerprint density at radius 3 is 2.87 bits per heavy atom. The average molecular weight is 210 g/mol. The zero-order chi connectivity index (χ0) is 11.5.